The number of phenolic OH excluding ortho intramolecular Hbond substituents is 1. The number of carbonyl (C=O) groups is 2. The summed E-state index contributed by atoms with van der Waals surface area (Å²) in [5.74, 6) is -0.358. The van der Waals surface area contributed by atoms with Crippen LogP contribution in [-0.2, 0) is 9.53 Å². The monoisotopic (exact) mass is 394 g/mol. The lowest BCUT2D eigenvalue weighted by Gasteiger charge is -2.13. The molecule has 0 radical (unpaired) electrons. The van der Waals surface area contributed by atoms with Crippen LogP contribution in [0.25, 0.3) is 6.08 Å². The van der Waals surface area contributed by atoms with E-state index < -0.39 is 5.97 Å². The molecule has 0 spiro atoms. The molecule has 1 aliphatic rings. The smallest absolute Gasteiger partial charge is 0.338 e. The topological polar surface area (TPSA) is 88.4 Å². The van der Waals surface area contributed by atoms with E-state index >= 15 is 0 Å². The first-order valence-corrected chi connectivity index (χ1v) is 9.10. The average molecular weight is 394 g/mol. The number of phenols is 1. The van der Waals surface area contributed by atoms with Crippen molar-refractivity contribution in [2.75, 3.05) is 12.1 Å². The number of methoxy groups -OCH3 is 1. The van der Waals surface area contributed by atoms with Crippen LogP contribution in [0.1, 0.15) is 36.7 Å². The summed E-state index contributed by atoms with van der Waals surface area (Å²) in [6.07, 6.45) is 1.48. The number of hydrazone groups is 1. The molecule has 0 atom stereocenters. The standard InChI is InChI=1S/C22H22N2O5/c1-13(2)29-22(27)16-6-8-17(9-7-16)24-21(26)18(14(3)23-24)11-15-5-10-19(25)20(12-15)28-4/h5-13,25H,1-4H3/b18-11+. The number of ether oxygens (including phenoxy) is 2. The maximum Gasteiger partial charge on any atom is 0.338 e. The van der Waals surface area contributed by atoms with Crippen molar-refractivity contribution in [3.05, 3.63) is 59.2 Å². The molecule has 0 saturated carbocycles. The molecule has 1 aliphatic heterocycles. The maximum atomic E-state index is 12.9. The number of benzene rings is 2. The predicted octanol–water partition coefficient (Wildman–Crippen LogP) is 3.77. The lowest BCUT2D eigenvalue weighted by Crippen LogP contribution is -2.21. The zero-order chi connectivity index (χ0) is 21.1. The van der Waals surface area contributed by atoms with E-state index in [2.05, 4.69) is 5.10 Å². The molecule has 0 unspecified atom stereocenters. The normalized spacial score (nSPS) is 15.1. The Hall–Kier alpha value is -3.61. The highest BCUT2D eigenvalue weighted by Gasteiger charge is 2.29. The highest BCUT2D eigenvalue weighted by molar-refractivity contribution is 6.32. The van der Waals surface area contributed by atoms with E-state index in [1.165, 1.54) is 18.2 Å². The van der Waals surface area contributed by atoms with E-state index in [1.807, 2.05) is 0 Å². The highest BCUT2D eigenvalue weighted by atomic mass is 16.5. The SMILES string of the molecule is COc1cc(/C=C2/C(=O)N(c3ccc(C(=O)OC(C)C)cc3)N=C2C)ccc1O. The van der Waals surface area contributed by atoms with Crippen molar-refractivity contribution in [3.8, 4) is 11.5 Å². The summed E-state index contributed by atoms with van der Waals surface area (Å²) in [7, 11) is 1.46. The van der Waals surface area contributed by atoms with Crippen molar-refractivity contribution in [2.45, 2.75) is 26.9 Å². The summed E-state index contributed by atoms with van der Waals surface area (Å²) >= 11 is 0. The molecule has 1 amide bonds. The number of amides is 1. The Kier molecular flexibility index (Phi) is 5.68. The summed E-state index contributed by atoms with van der Waals surface area (Å²) in [5, 5.41) is 15.3. The van der Waals surface area contributed by atoms with Gasteiger partial charge in [0, 0.05) is 0 Å². The second-order valence-corrected chi connectivity index (χ2v) is 6.79. The molecular weight excluding hydrogens is 372 g/mol. The summed E-state index contributed by atoms with van der Waals surface area (Å²) in [5.41, 5.74) is 2.64. The van der Waals surface area contributed by atoms with Crippen LogP contribution < -0.4 is 9.75 Å². The van der Waals surface area contributed by atoms with Gasteiger partial charge in [-0.05, 0) is 68.8 Å². The summed E-state index contributed by atoms with van der Waals surface area (Å²) in [6.45, 7) is 5.31. The van der Waals surface area contributed by atoms with Crippen molar-refractivity contribution >= 4 is 29.4 Å². The van der Waals surface area contributed by atoms with E-state index in [1.54, 1.807) is 63.2 Å². The molecule has 150 valence electrons. The molecule has 1 heterocycles. The molecule has 0 saturated heterocycles. The molecule has 3 rings (SSSR count). The third kappa shape index (κ3) is 4.29. The summed E-state index contributed by atoms with van der Waals surface area (Å²) < 4.78 is 10.3. The van der Waals surface area contributed by atoms with Gasteiger partial charge in [-0.25, -0.2) is 4.79 Å². The first kappa shape index (κ1) is 20.1. The molecule has 2 aromatic carbocycles. The average Bonchev–Trinajstić information content (AvgIpc) is 2.97. The van der Waals surface area contributed by atoms with Gasteiger partial charge in [0.05, 0.1) is 35.7 Å². The molecular formula is C22H22N2O5. The maximum absolute atomic E-state index is 12.9. The zero-order valence-corrected chi connectivity index (χ0v) is 16.7. The predicted molar refractivity (Wildman–Crippen MR) is 110 cm³/mol. The number of anilines is 1. The fraction of sp³-hybridized carbons (Fsp3) is 0.227. The Morgan fingerprint density at radius 3 is 2.48 bits per heavy atom. The number of hydrogen-bond donors (Lipinski definition) is 1. The lowest BCUT2D eigenvalue weighted by atomic mass is 10.1. The number of aromatic hydroxyl groups is 1. The van der Waals surface area contributed by atoms with Gasteiger partial charge in [-0.3, -0.25) is 4.79 Å². The Morgan fingerprint density at radius 1 is 1.17 bits per heavy atom. The van der Waals surface area contributed by atoms with Gasteiger partial charge in [-0.15, -0.1) is 0 Å². The van der Waals surface area contributed by atoms with E-state index in [4.69, 9.17) is 9.47 Å². The zero-order valence-electron chi connectivity index (χ0n) is 16.7. The van der Waals surface area contributed by atoms with E-state index in [0.29, 0.717) is 33.8 Å². The number of nitrogens with zero attached hydrogens (tertiary/aromatic N) is 2. The second-order valence-electron chi connectivity index (χ2n) is 6.79. The molecule has 7 heteroatoms. The highest BCUT2D eigenvalue weighted by Crippen LogP contribution is 2.29. The fourth-order valence-electron chi connectivity index (χ4n) is 2.83. The van der Waals surface area contributed by atoms with Gasteiger partial charge < -0.3 is 14.6 Å². The molecule has 0 aliphatic carbocycles. The molecule has 0 aromatic heterocycles. The van der Waals surface area contributed by atoms with Gasteiger partial charge in [0.15, 0.2) is 11.5 Å². The van der Waals surface area contributed by atoms with Crippen molar-refractivity contribution in [2.24, 2.45) is 5.10 Å². The minimum absolute atomic E-state index is 0.0236. The van der Waals surface area contributed by atoms with Crippen LogP contribution in [0.15, 0.2) is 53.1 Å². The van der Waals surface area contributed by atoms with Crippen LogP contribution in [0.5, 0.6) is 11.5 Å². The fourth-order valence-corrected chi connectivity index (χ4v) is 2.83. The minimum Gasteiger partial charge on any atom is -0.504 e. The quantitative estimate of drug-likeness (QED) is 0.616. The Balaban J connectivity index is 1.83. The van der Waals surface area contributed by atoms with Gasteiger partial charge in [0.25, 0.3) is 5.91 Å². The first-order valence-electron chi connectivity index (χ1n) is 9.10. The Labute approximate surface area is 168 Å². The van der Waals surface area contributed by atoms with Crippen LogP contribution in [0.4, 0.5) is 5.69 Å². The van der Waals surface area contributed by atoms with Crippen LogP contribution >= 0.6 is 0 Å². The van der Waals surface area contributed by atoms with Crippen molar-refractivity contribution < 1.29 is 24.2 Å². The minimum atomic E-state index is -0.416. The molecule has 0 bridgehead atoms. The second kappa shape index (κ2) is 8.18. The van der Waals surface area contributed by atoms with Gasteiger partial charge >= 0.3 is 5.97 Å². The van der Waals surface area contributed by atoms with Crippen LogP contribution in [0.3, 0.4) is 0 Å². The van der Waals surface area contributed by atoms with Gasteiger partial charge in [-0.2, -0.15) is 10.1 Å². The number of esters is 1. The molecule has 1 N–H and O–H groups in total. The van der Waals surface area contributed by atoms with Crippen molar-refractivity contribution in [3.63, 3.8) is 0 Å². The van der Waals surface area contributed by atoms with Crippen molar-refractivity contribution in [1.29, 1.82) is 0 Å². The first-order chi connectivity index (χ1) is 13.8. The van der Waals surface area contributed by atoms with Crippen LogP contribution in [0.2, 0.25) is 0 Å². The van der Waals surface area contributed by atoms with E-state index in [0.717, 1.165) is 0 Å². The molecule has 0 fully saturated rings. The third-order valence-corrected chi connectivity index (χ3v) is 4.27. The largest absolute Gasteiger partial charge is 0.504 e. The number of carbonyl (C=O) groups excluding carboxylic acids is 2. The molecule has 7 nitrogen and oxygen atoms in total. The summed E-state index contributed by atoms with van der Waals surface area (Å²) in [6, 6.07) is 11.3. The van der Waals surface area contributed by atoms with E-state index in [9.17, 15) is 14.7 Å². The van der Waals surface area contributed by atoms with Gasteiger partial charge in [0.2, 0.25) is 0 Å². The van der Waals surface area contributed by atoms with Gasteiger partial charge in [0.1, 0.15) is 0 Å². The molecule has 2 aromatic rings. The number of rotatable bonds is 5. The van der Waals surface area contributed by atoms with Crippen LogP contribution in [0, 0.1) is 0 Å². The van der Waals surface area contributed by atoms with Crippen molar-refractivity contribution in [1.82, 2.24) is 0 Å². The van der Waals surface area contributed by atoms with Gasteiger partial charge in [-0.1, -0.05) is 6.07 Å². The van der Waals surface area contributed by atoms with E-state index in [-0.39, 0.29) is 17.8 Å². The van der Waals surface area contributed by atoms with Crippen LogP contribution in [-0.4, -0.2) is 35.9 Å². The Morgan fingerprint density at radius 2 is 1.86 bits per heavy atom. The lowest BCUT2D eigenvalue weighted by molar-refractivity contribution is -0.114. The Bertz CT molecular complexity index is 1010. The summed E-state index contributed by atoms with van der Waals surface area (Å²) in [4.78, 5) is 24.8. The third-order valence-electron chi connectivity index (χ3n) is 4.27. The number of hydrogen-bond acceptors (Lipinski definition) is 6. The molecule has 29 heavy (non-hydrogen) atoms.